The first-order valence-electron chi connectivity index (χ1n) is 6.25. The van der Waals surface area contributed by atoms with Crippen LogP contribution >= 0.6 is 11.3 Å². The van der Waals surface area contributed by atoms with Crippen LogP contribution in [0.4, 0.5) is 0 Å². The zero-order valence-corrected chi connectivity index (χ0v) is 11.1. The highest BCUT2D eigenvalue weighted by atomic mass is 32.1. The summed E-state index contributed by atoms with van der Waals surface area (Å²) in [4.78, 5) is 5.48. The fourth-order valence-electron chi connectivity index (χ4n) is 2.70. The van der Waals surface area contributed by atoms with Gasteiger partial charge in [-0.25, -0.2) is 0 Å². The Kier molecular flexibility index (Phi) is 4.00. The molecule has 1 aliphatic rings. The number of nitrogens with zero attached hydrogens (tertiary/aromatic N) is 1. The van der Waals surface area contributed by atoms with Crippen LogP contribution in [0.2, 0.25) is 0 Å². The molecule has 0 bridgehead atoms. The summed E-state index contributed by atoms with van der Waals surface area (Å²) < 4.78 is 0. The van der Waals surface area contributed by atoms with Crippen LogP contribution in [0.5, 0.6) is 0 Å². The van der Waals surface area contributed by atoms with Gasteiger partial charge in [0.25, 0.3) is 0 Å². The van der Waals surface area contributed by atoms with Gasteiger partial charge in [0.1, 0.15) is 0 Å². The van der Waals surface area contributed by atoms with Gasteiger partial charge < -0.3 is 5.73 Å². The Morgan fingerprint density at radius 2 is 2.31 bits per heavy atom. The molecule has 2 unspecified atom stereocenters. The van der Waals surface area contributed by atoms with E-state index < -0.39 is 0 Å². The van der Waals surface area contributed by atoms with E-state index in [0.29, 0.717) is 12.0 Å². The van der Waals surface area contributed by atoms with E-state index >= 15 is 0 Å². The average Bonchev–Trinajstić information content (AvgIpc) is 2.76. The molecular weight excluding hydrogens is 216 g/mol. The molecule has 0 radical (unpaired) electrons. The van der Waals surface area contributed by atoms with Crippen LogP contribution in [0.15, 0.2) is 12.1 Å². The highest BCUT2D eigenvalue weighted by molar-refractivity contribution is 7.12. The van der Waals surface area contributed by atoms with Crippen molar-refractivity contribution in [3.63, 3.8) is 0 Å². The van der Waals surface area contributed by atoms with Crippen LogP contribution in [-0.4, -0.2) is 25.0 Å². The summed E-state index contributed by atoms with van der Waals surface area (Å²) in [5.74, 6) is 0.641. The lowest BCUT2D eigenvalue weighted by Gasteiger charge is -2.38. The van der Waals surface area contributed by atoms with Gasteiger partial charge in [-0.2, -0.15) is 0 Å². The van der Waals surface area contributed by atoms with Gasteiger partial charge in [0, 0.05) is 15.8 Å². The smallest absolute Gasteiger partial charge is 0.0478 e. The van der Waals surface area contributed by atoms with Crippen molar-refractivity contribution in [2.24, 2.45) is 11.7 Å². The lowest BCUT2D eigenvalue weighted by atomic mass is 9.88. The Labute approximate surface area is 102 Å². The molecule has 1 saturated heterocycles. The van der Waals surface area contributed by atoms with Crippen molar-refractivity contribution >= 4 is 11.3 Å². The summed E-state index contributed by atoms with van der Waals surface area (Å²) in [6.07, 6.45) is 3.72. The topological polar surface area (TPSA) is 29.3 Å². The summed E-state index contributed by atoms with van der Waals surface area (Å²) in [5.41, 5.74) is 5.91. The minimum atomic E-state index is 0.559. The molecule has 2 nitrogen and oxygen atoms in total. The molecule has 1 fully saturated rings. The number of piperidine rings is 1. The molecule has 0 aliphatic carbocycles. The average molecular weight is 238 g/mol. The predicted molar refractivity (Wildman–Crippen MR) is 70.8 cm³/mol. The third-order valence-electron chi connectivity index (χ3n) is 3.63. The van der Waals surface area contributed by atoms with Gasteiger partial charge in [0.2, 0.25) is 0 Å². The third-order valence-corrected chi connectivity index (χ3v) is 4.93. The van der Waals surface area contributed by atoms with Gasteiger partial charge in [-0.1, -0.05) is 6.92 Å². The Hall–Kier alpha value is -0.380. The van der Waals surface area contributed by atoms with Crippen molar-refractivity contribution in [3.8, 4) is 0 Å². The predicted octanol–water partition coefficient (Wildman–Crippen LogP) is 2.65. The molecule has 0 amide bonds. The summed E-state index contributed by atoms with van der Waals surface area (Å²) in [5, 5.41) is 0. The molecule has 2 N–H and O–H groups in total. The molecule has 16 heavy (non-hydrogen) atoms. The molecule has 2 rings (SSSR count). The van der Waals surface area contributed by atoms with Gasteiger partial charge in [0.05, 0.1) is 0 Å². The zero-order valence-electron chi connectivity index (χ0n) is 10.3. The van der Waals surface area contributed by atoms with E-state index in [0.717, 1.165) is 13.0 Å². The molecule has 1 aromatic heterocycles. The minimum absolute atomic E-state index is 0.559. The van der Waals surface area contributed by atoms with E-state index in [1.165, 1.54) is 29.1 Å². The number of hydrogen-bond donors (Lipinski definition) is 1. The number of likely N-dealkylation sites (tertiary alicyclic amines) is 1. The first-order chi connectivity index (χ1) is 7.76. The van der Waals surface area contributed by atoms with E-state index in [1.54, 1.807) is 0 Å². The molecule has 90 valence electrons. The van der Waals surface area contributed by atoms with Gasteiger partial charge in [-0.3, -0.25) is 4.90 Å². The summed E-state index contributed by atoms with van der Waals surface area (Å²) in [7, 11) is 2.23. The van der Waals surface area contributed by atoms with Crippen LogP contribution < -0.4 is 5.73 Å². The number of nitrogens with two attached hydrogens (primary N) is 1. The van der Waals surface area contributed by atoms with Crippen molar-refractivity contribution in [1.82, 2.24) is 4.90 Å². The monoisotopic (exact) mass is 238 g/mol. The van der Waals surface area contributed by atoms with Gasteiger partial charge in [0.15, 0.2) is 0 Å². The van der Waals surface area contributed by atoms with E-state index in [2.05, 4.69) is 31.0 Å². The highest BCUT2D eigenvalue weighted by Gasteiger charge is 2.30. The van der Waals surface area contributed by atoms with E-state index in [9.17, 15) is 0 Å². The fourth-order valence-corrected chi connectivity index (χ4v) is 3.91. The van der Waals surface area contributed by atoms with E-state index in [1.807, 2.05) is 11.3 Å². The van der Waals surface area contributed by atoms with E-state index in [4.69, 9.17) is 5.73 Å². The molecule has 0 aromatic carbocycles. The molecular formula is C13H22N2S. The maximum Gasteiger partial charge on any atom is 0.0478 e. The standard InChI is InChI=1S/C13H22N2S/c1-3-11-6-7-12(16-11)13-10(9-14)5-4-8-15(13)2/h6-7,10,13H,3-5,8-9,14H2,1-2H3. The van der Waals surface area contributed by atoms with Crippen LogP contribution in [0.25, 0.3) is 0 Å². The molecule has 1 aliphatic heterocycles. The second kappa shape index (κ2) is 5.30. The number of aryl methyl sites for hydroxylation is 1. The number of thiophene rings is 1. The highest BCUT2D eigenvalue weighted by Crippen LogP contribution is 2.37. The summed E-state index contributed by atoms with van der Waals surface area (Å²) in [6, 6.07) is 5.14. The van der Waals surface area contributed by atoms with Crippen molar-refractivity contribution in [2.45, 2.75) is 32.2 Å². The quantitative estimate of drug-likeness (QED) is 0.877. The summed E-state index contributed by atoms with van der Waals surface area (Å²) in [6.45, 7) is 4.25. The zero-order chi connectivity index (χ0) is 11.5. The molecule has 2 atom stereocenters. The second-order valence-electron chi connectivity index (χ2n) is 4.72. The van der Waals surface area contributed by atoms with Crippen molar-refractivity contribution < 1.29 is 0 Å². The first-order valence-corrected chi connectivity index (χ1v) is 7.06. The van der Waals surface area contributed by atoms with Crippen LogP contribution in [-0.2, 0) is 6.42 Å². The Bertz CT molecular complexity index is 334. The van der Waals surface area contributed by atoms with Crippen LogP contribution in [0, 0.1) is 5.92 Å². The Balaban J connectivity index is 2.20. The second-order valence-corrected chi connectivity index (χ2v) is 5.92. The SMILES string of the molecule is CCc1ccc(C2C(CN)CCCN2C)s1. The van der Waals surface area contributed by atoms with Crippen LogP contribution in [0.1, 0.15) is 35.6 Å². The number of hydrogen-bond acceptors (Lipinski definition) is 3. The summed E-state index contributed by atoms with van der Waals surface area (Å²) >= 11 is 1.97. The number of rotatable bonds is 3. The molecule has 0 spiro atoms. The van der Waals surface area contributed by atoms with Gasteiger partial charge in [-0.05, 0) is 57.5 Å². The Morgan fingerprint density at radius 3 is 2.94 bits per heavy atom. The molecule has 0 saturated carbocycles. The van der Waals surface area contributed by atoms with Crippen molar-refractivity contribution in [1.29, 1.82) is 0 Å². The van der Waals surface area contributed by atoms with Crippen LogP contribution in [0.3, 0.4) is 0 Å². The van der Waals surface area contributed by atoms with Crippen molar-refractivity contribution in [3.05, 3.63) is 21.9 Å². The Morgan fingerprint density at radius 1 is 1.50 bits per heavy atom. The lowest BCUT2D eigenvalue weighted by Crippen LogP contribution is -2.38. The first kappa shape index (κ1) is 12.1. The third kappa shape index (κ3) is 2.31. The molecule has 1 aromatic rings. The van der Waals surface area contributed by atoms with E-state index in [-0.39, 0.29) is 0 Å². The largest absolute Gasteiger partial charge is 0.330 e. The fraction of sp³-hybridized carbons (Fsp3) is 0.692. The van der Waals surface area contributed by atoms with Gasteiger partial charge in [-0.15, -0.1) is 11.3 Å². The maximum atomic E-state index is 5.91. The lowest BCUT2D eigenvalue weighted by molar-refractivity contribution is 0.128. The molecule has 2 heterocycles. The van der Waals surface area contributed by atoms with Crippen molar-refractivity contribution in [2.75, 3.05) is 20.1 Å². The normalized spacial score (nSPS) is 27.2. The maximum absolute atomic E-state index is 5.91. The van der Waals surface area contributed by atoms with Gasteiger partial charge >= 0.3 is 0 Å². The minimum Gasteiger partial charge on any atom is -0.330 e. The molecule has 3 heteroatoms.